The molecule has 3 aliphatic heterocycles. The Hall–Kier alpha value is -3.19. The van der Waals surface area contributed by atoms with Crippen molar-refractivity contribution in [3.8, 4) is 5.75 Å². The van der Waals surface area contributed by atoms with Crippen molar-refractivity contribution in [3.63, 3.8) is 0 Å². The molecule has 0 amide bonds. The van der Waals surface area contributed by atoms with Gasteiger partial charge in [0.05, 0.1) is 47.6 Å². The number of rotatable bonds is 16. The number of hydrogen-bond acceptors (Lipinski definition) is 16. The number of nitrogens with two attached hydrogens (primary N) is 1. The van der Waals surface area contributed by atoms with Crippen molar-refractivity contribution in [2.45, 2.75) is 194 Å². The molecule has 67 heavy (non-hydrogen) atoms. The van der Waals surface area contributed by atoms with E-state index in [-0.39, 0.29) is 36.6 Å². The van der Waals surface area contributed by atoms with Gasteiger partial charge in [-0.15, -0.1) is 0 Å². The average molecular weight is 948 g/mol. The van der Waals surface area contributed by atoms with Crippen LogP contribution < -0.4 is 15.8 Å². The number of carbonyl (C=O) groups excluding carboxylic acids is 3. The fraction of sp³-hybridized carbons (Fsp3) is 0.784. The SMILES string of the molecule is CC[C@H]1OC(=O)[C@H](C)[C@@H](O[C@H]2C[C@@](C)(O)[C@@H](O)C(C)O2)[C@H](C)[C@@H](O[C@H]2C[C@@H](N(C)CC/C(N)=C/NCCOc3cccc(C(C)=O)c3)C[C@@H](C)O2)[C@](C)(OC)C[C@@H](C)C(=O)[C@H](C)[C@@H](O)C1(C)C. The molecule has 1 aromatic carbocycles. The topological polar surface area (TPSA) is 218 Å². The van der Waals surface area contributed by atoms with E-state index in [0.29, 0.717) is 56.0 Å². The third-order valence-electron chi connectivity index (χ3n) is 14.8. The molecule has 16 heteroatoms. The van der Waals surface area contributed by atoms with E-state index < -0.39 is 95.5 Å². The molecule has 0 spiro atoms. The van der Waals surface area contributed by atoms with Crippen LogP contribution in [0.2, 0.25) is 0 Å². The van der Waals surface area contributed by atoms with Crippen LogP contribution in [0.25, 0.3) is 0 Å². The van der Waals surface area contributed by atoms with Crippen molar-refractivity contribution < 1.29 is 62.9 Å². The first kappa shape index (κ1) is 56.4. The predicted octanol–water partition coefficient (Wildman–Crippen LogP) is 5.52. The largest absolute Gasteiger partial charge is 0.492 e. The van der Waals surface area contributed by atoms with E-state index in [2.05, 4.69) is 17.3 Å². The number of nitrogens with one attached hydrogen (secondary N) is 1. The summed E-state index contributed by atoms with van der Waals surface area (Å²) in [5, 5.41) is 37.0. The highest BCUT2D eigenvalue weighted by Gasteiger charge is 2.52. The number of esters is 1. The normalized spacial score (nSPS) is 38.2. The van der Waals surface area contributed by atoms with Crippen LogP contribution in [0.1, 0.15) is 132 Å². The van der Waals surface area contributed by atoms with Gasteiger partial charge in [0.25, 0.3) is 0 Å². The average Bonchev–Trinajstić information content (AvgIpc) is 3.27. The number of ketones is 2. The highest BCUT2D eigenvalue weighted by molar-refractivity contribution is 5.94. The van der Waals surface area contributed by atoms with E-state index in [4.69, 9.17) is 38.9 Å². The summed E-state index contributed by atoms with van der Waals surface area (Å²) in [6.45, 7) is 22.9. The lowest BCUT2D eigenvalue weighted by atomic mass is 9.70. The lowest BCUT2D eigenvalue weighted by Crippen LogP contribution is -2.59. The fourth-order valence-electron chi connectivity index (χ4n) is 10.4. The number of cyclic esters (lactones) is 1. The summed E-state index contributed by atoms with van der Waals surface area (Å²) in [6.07, 6.45) is -3.43. The molecule has 1 unspecified atom stereocenters. The molecule has 3 heterocycles. The van der Waals surface area contributed by atoms with Gasteiger partial charge in [-0.05, 0) is 80.0 Å². The van der Waals surface area contributed by atoms with Gasteiger partial charge in [-0.25, -0.2) is 0 Å². The number of hydrogen-bond donors (Lipinski definition) is 5. The summed E-state index contributed by atoms with van der Waals surface area (Å²) >= 11 is 0. The maximum absolute atomic E-state index is 14.4. The molecular formula is C51H85N3O13. The van der Waals surface area contributed by atoms with Crippen molar-refractivity contribution in [2.24, 2.45) is 34.8 Å². The first-order chi connectivity index (χ1) is 31.3. The molecule has 0 aromatic heterocycles. The van der Waals surface area contributed by atoms with Gasteiger partial charge in [0.1, 0.15) is 30.3 Å². The molecule has 1 aromatic rings. The quantitative estimate of drug-likeness (QED) is 0.0783. The lowest BCUT2D eigenvalue weighted by Gasteiger charge is -2.49. The Labute approximate surface area is 399 Å². The molecule has 6 N–H and O–H groups in total. The predicted molar refractivity (Wildman–Crippen MR) is 254 cm³/mol. The summed E-state index contributed by atoms with van der Waals surface area (Å²) in [5.74, 6) is -3.05. The van der Waals surface area contributed by atoms with Crippen LogP contribution >= 0.6 is 0 Å². The van der Waals surface area contributed by atoms with Crippen molar-refractivity contribution in [3.05, 3.63) is 41.7 Å². The van der Waals surface area contributed by atoms with E-state index in [1.54, 1.807) is 52.3 Å². The number of carbonyl (C=O) groups is 3. The van der Waals surface area contributed by atoms with Crippen LogP contribution in [-0.2, 0) is 38.0 Å². The van der Waals surface area contributed by atoms with Gasteiger partial charge in [0.15, 0.2) is 18.4 Å². The van der Waals surface area contributed by atoms with E-state index in [9.17, 15) is 29.7 Å². The third-order valence-corrected chi connectivity index (χ3v) is 14.8. The summed E-state index contributed by atoms with van der Waals surface area (Å²) in [6, 6.07) is 7.13. The van der Waals surface area contributed by atoms with E-state index in [0.717, 1.165) is 6.42 Å². The standard InChI is InChI=1S/C51H85N3O13/c1-15-40-49(9,10)45(57)31(4)43(56)29(2)26-51(12,61-14)47(32(5)44(33(6)48(59)65-40)66-42-27-50(11,60)46(58)35(8)64-42)67-41-25-38(23-30(3)63-41)54(13)21-19-37(52)28-53-20-22-62-39-18-16-17-36(24-39)34(7)55/h16-18,24,28-33,35,38,40-42,44-47,53,57-58,60H,15,19-23,25-27,52H2,1-14H3/b37-28-/t29-,30-,31+,32+,33-,35?,38+,40-,41+,42+,44+,45-,46+,47-,50-,51-/m1/s1. The first-order valence-electron chi connectivity index (χ1n) is 24.4. The Morgan fingerprint density at radius 3 is 2.28 bits per heavy atom. The molecule has 3 saturated heterocycles. The Morgan fingerprint density at radius 2 is 1.66 bits per heavy atom. The summed E-state index contributed by atoms with van der Waals surface area (Å²) in [7, 11) is 3.62. The van der Waals surface area contributed by atoms with Crippen molar-refractivity contribution >= 4 is 17.5 Å². The number of Topliss-reactive ketones (excluding diaryl/α,β-unsaturated/α-hetero) is 2. The molecule has 0 saturated carbocycles. The Morgan fingerprint density at radius 1 is 0.970 bits per heavy atom. The summed E-state index contributed by atoms with van der Waals surface area (Å²) in [4.78, 5) is 42.7. The molecule has 4 rings (SSSR count). The van der Waals surface area contributed by atoms with Crippen LogP contribution in [0.5, 0.6) is 5.75 Å². The van der Waals surface area contributed by atoms with Crippen LogP contribution in [0.4, 0.5) is 0 Å². The molecule has 0 aliphatic carbocycles. The lowest BCUT2D eigenvalue weighted by molar-refractivity contribution is -0.306. The number of nitrogens with zero attached hydrogens (tertiary/aromatic N) is 1. The van der Waals surface area contributed by atoms with Crippen molar-refractivity contribution in [2.75, 3.05) is 33.9 Å². The monoisotopic (exact) mass is 948 g/mol. The smallest absolute Gasteiger partial charge is 0.311 e. The minimum absolute atomic E-state index is 0.0208. The molecule has 16 atom stereocenters. The molecule has 3 fully saturated rings. The number of aliphatic hydroxyl groups is 3. The fourth-order valence-corrected chi connectivity index (χ4v) is 10.4. The minimum atomic E-state index is -1.54. The van der Waals surface area contributed by atoms with Crippen LogP contribution in [0.15, 0.2) is 36.2 Å². The summed E-state index contributed by atoms with van der Waals surface area (Å²) in [5.41, 5.74) is 4.01. The van der Waals surface area contributed by atoms with Crippen LogP contribution in [0, 0.1) is 29.1 Å². The minimum Gasteiger partial charge on any atom is -0.492 e. The number of benzene rings is 1. The van der Waals surface area contributed by atoms with Crippen molar-refractivity contribution in [1.29, 1.82) is 0 Å². The second-order valence-electron chi connectivity index (χ2n) is 20.8. The zero-order valence-electron chi connectivity index (χ0n) is 42.8. The van der Waals surface area contributed by atoms with Gasteiger partial charge in [-0.1, -0.05) is 53.7 Å². The van der Waals surface area contributed by atoms with Gasteiger partial charge in [-0.3, -0.25) is 14.4 Å². The molecule has 3 aliphatic rings. The number of ether oxygens (including phenoxy) is 7. The van der Waals surface area contributed by atoms with Gasteiger partial charge in [0.2, 0.25) is 0 Å². The van der Waals surface area contributed by atoms with E-state index in [1.807, 2.05) is 54.5 Å². The zero-order chi connectivity index (χ0) is 50.2. The van der Waals surface area contributed by atoms with Crippen molar-refractivity contribution in [1.82, 2.24) is 10.2 Å². The summed E-state index contributed by atoms with van der Waals surface area (Å²) < 4.78 is 45.0. The molecule has 0 radical (unpaired) electrons. The highest BCUT2D eigenvalue weighted by Crippen LogP contribution is 2.42. The first-order valence-corrected chi connectivity index (χ1v) is 24.4. The van der Waals surface area contributed by atoms with E-state index in [1.165, 1.54) is 13.8 Å². The highest BCUT2D eigenvalue weighted by atomic mass is 16.7. The van der Waals surface area contributed by atoms with Crippen LogP contribution in [0.3, 0.4) is 0 Å². The maximum Gasteiger partial charge on any atom is 0.311 e. The number of aliphatic hydroxyl groups excluding tert-OH is 2. The molecule has 16 nitrogen and oxygen atoms in total. The maximum atomic E-state index is 14.4. The molecule has 0 bridgehead atoms. The third kappa shape index (κ3) is 14.4. The second-order valence-corrected chi connectivity index (χ2v) is 20.8. The molecule has 382 valence electrons. The zero-order valence-corrected chi connectivity index (χ0v) is 42.8. The second kappa shape index (κ2) is 24.1. The Balaban J connectivity index is 1.60. The Kier molecular flexibility index (Phi) is 20.3. The molecular weight excluding hydrogens is 863 g/mol. The van der Waals surface area contributed by atoms with Crippen LogP contribution in [-0.4, -0.2) is 144 Å². The van der Waals surface area contributed by atoms with Gasteiger partial charge < -0.3 is 64.4 Å². The number of methoxy groups -OCH3 is 1. The van der Waals surface area contributed by atoms with Gasteiger partial charge >= 0.3 is 5.97 Å². The van der Waals surface area contributed by atoms with Gasteiger partial charge in [-0.2, -0.15) is 0 Å². The van der Waals surface area contributed by atoms with Gasteiger partial charge in [0, 0.05) is 86.1 Å². The van der Waals surface area contributed by atoms with E-state index >= 15 is 0 Å². The Bertz CT molecular complexity index is 1810.